The Balaban J connectivity index is 1.78. The van der Waals surface area contributed by atoms with E-state index in [1.807, 2.05) is 62.5 Å². The summed E-state index contributed by atoms with van der Waals surface area (Å²) in [6, 6.07) is 11.9. The van der Waals surface area contributed by atoms with Gasteiger partial charge in [-0.3, -0.25) is 4.79 Å². The zero-order valence-electron chi connectivity index (χ0n) is 18.9. The summed E-state index contributed by atoms with van der Waals surface area (Å²) in [7, 11) is 1.63. The van der Waals surface area contributed by atoms with E-state index in [4.69, 9.17) is 4.74 Å². The molecule has 0 bridgehead atoms. The molecule has 0 unspecified atom stereocenters. The molecule has 1 amide bonds. The van der Waals surface area contributed by atoms with Gasteiger partial charge in [-0.25, -0.2) is 4.79 Å². The molecular weight excluding hydrogens is 504 g/mol. The van der Waals surface area contributed by atoms with Crippen LogP contribution in [0.15, 0.2) is 51.0 Å². The average Bonchev–Trinajstić information content (AvgIpc) is 3.24. The molecule has 2 aromatic carbocycles. The van der Waals surface area contributed by atoms with Gasteiger partial charge in [0.15, 0.2) is 0 Å². The summed E-state index contributed by atoms with van der Waals surface area (Å²) >= 11 is 4.99. The molecule has 0 spiro atoms. The van der Waals surface area contributed by atoms with Crippen LogP contribution in [0.2, 0.25) is 0 Å². The van der Waals surface area contributed by atoms with Gasteiger partial charge in [0.25, 0.3) is 5.56 Å². The molecule has 4 rings (SSSR count). The van der Waals surface area contributed by atoms with E-state index in [9.17, 15) is 14.7 Å². The minimum atomic E-state index is -0.918. The van der Waals surface area contributed by atoms with Crippen molar-refractivity contribution in [3.05, 3.63) is 62.2 Å². The minimum Gasteiger partial charge on any atom is -0.496 e. The first kappa shape index (κ1) is 23.3. The van der Waals surface area contributed by atoms with Crippen LogP contribution in [0.1, 0.15) is 26.3 Å². The van der Waals surface area contributed by atoms with Crippen molar-refractivity contribution < 1.29 is 14.6 Å². The Morgan fingerprint density at radius 1 is 1.21 bits per heavy atom. The fourth-order valence-corrected chi connectivity index (χ4v) is 5.42. The first-order chi connectivity index (χ1) is 15.6. The predicted molar refractivity (Wildman–Crippen MR) is 138 cm³/mol. The van der Waals surface area contributed by atoms with E-state index in [1.54, 1.807) is 7.11 Å². The summed E-state index contributed by atoms with van der Waals surface area (Å²) in [6.07, 6.45) is -0.302. The second-order valence-corrected chi connectivity index (χ2v) is 10.6. The van der Waals surface area contributed by atoms with Gasteiger partial charge in [0, 0.05) is 32.9 Å². The molecule has 6 nitrogen and oxygen atoms in total. The Hall–Kier alpha value is -2.84. The number of ether oxygens (including phenoxy) is 1. The third-order valence-electron chi connectivity index (χ3n) is 5.75. The standard InChI is InChI=1S/C25H25BrN2O4S/c1-25(2,3)28(24(30)31)11-9-14-5-7-15(8-6-14)19-18(32-4)13-17(26)21-20(19)16-10-12-33-22(16)23(29)27-21/h5-8,10,12-13H,9,11H2,1-4H3,(H,27,29)(H,30,31). The van der Waals surface area contributed by atoms with Crippen molar-refractivity contribution >= 4 is 54.3 Å². The monoisotopic (exact) mass is 528 g/mol. The number of pyridine rings is 1. The zero-order valence-corrected chi connectivity index (χ0v) is 21.3. The molecule has 0 saturated carbocycles. The summed E-state index contributed by atoms with van der Waals surface area (Å²) in [5.74, 6) is 0.700. The van der Waals surface area contributed by atoms with Gasteiger partial charge in [-0.15, -0.1) is 11.3 Å². The molecule has 0 aliphatic carbocycles. The van der Waals surface area contributed by atoms with Crippen LogP contribution in [0.25, 0.3) is 32.1 Å². The average molecular weight is 529 g/mol. The van der Waals surface area contributed by atoms with Crippen LogP contribution in [0.4, 0.5) is 4.79 Å². The Morgan fingerprint density at radius 3 is 2.52 bits per heavy atom. The Morgan fingerprint density at radius 2 is 1.91 bits per heavy atom. The molecular formula is C25H25BrN2O4S. The maximum atomic E-state index is 12.6. The minimum absolute atomic E-state index is 0.110. The van der Waals surface area contributed by atoms with Gasteiger partial charge in [0.1, 0.15) is 10.4 Å². The van der Waals surface area contributed by atoms with E-state index < -0.39 is 11.6 Å². The number of hydrogen-bond donors (Lipinski definition) is 2. The molecule has 0 aliphatic rings. The number of benzene rings is 2. The number of halogens is 1. The van der Waals surface area contributed by atoms with Gasteiger partial charge < -0.3 is 19.7 Å². The van der Waals surface area contributed by atoms with E-state index in [2.05, 4.69) is 20.9 Å². The lowest BCUT2D eigenvalue weighted by atomic mass is 9.96. The molecule has 0 saturated heterocycles. The highest BCUT2D eigenvalue weighted by molar-refractivity contribution is 9.10. The summed E-state index contributed by atoms with van der Waals surface area (Å²) in [6.45, 7) is 6.10. The number of nitrogens with zero attached hydrogens (tertiary/aromatic N) is 1. The van der Waals surface area contributed by atoms with Crippen molar-refractivity contribution in [1.82, 2.24) is 9.88 Å². The second kappa shape index (κ2) is 8.83. The molecule has 2 N–H and O–H groups in total. The molecule has 2 heterocycles. The number of thiophene rings is 1. The number of methoxy groups -OCH3 is 1. The van der Waals surface area contributed by atoms with Gasteiger partial charge >= 0.3 is 6.09 Å². The molecule has 0 radical (unpaired) electrons. The fourth-order valence-electron chi connectivity index (χ4n) is 4.12. The van der Waals surface area contributed by atoms with Crippen molar-refractivity contribution in [3.8, 4) is 16.9 Å². The van der Waals surface area contributed by atoms with Gasteiger partial charge in [-0.2, -0.15) is 0 Å². The molecule has 8 heteroatoms. The number of carbonyl (C=O) groups is 1. The van der Waals surface area contributed by atoms with E-state index >= 15 is 0 Å². The number of aromatic nitrogens is 1. The van der Waals surface area contributed by atoms with Crippen LogP contribution >= 0.6 is 27.3 Å². The summed E-state index contributed by atoms with van der Waals surface area (Å²) in [4.78, 5) is 28.6. The molecule has 33 heavy (non-hydrogen) atoms. The highest BCUT2D eigenvalue weighted by Gasteiger charge is 2.25. The zero-order chi connectivity index (χ0) is 23.9. The molecule has 0 fully saturated rings. The Kier molecular flexibility index (Phi) is 6.24. The third kappa shape index (κ3) is 4.37. The number of fused-ring (bicyclic) bond motifs is 3. The Bertz CT molecular complexity index is 1400. The summed E-state index contributed by atoms with van der Waals surface area (Å²) in [5.41, 5.74) is 3.07. The van der Waals surface area contributed by atoms with Crippen LogP contribution in [0.5, 0.6) is 5.75 Å². The number of nitrogens with one attached hydrogen (secondary N) is 1. The summed E-state index contributed by atoms with van der Waals surface area (Å²) < 4.78 is 7.16. The number of H-pyrrole nitrogens is 1. The summed E-state index contributed by atoms with van der Waals surface area (Å²) in [5, 5.41) is 13.3. The van der Waals surface area contributed by atoms with Crippen LogP contribution in [0.3, 0.4) is 0 Å². The van der Waals surface area contributed by atoms with Crippen LogP contribution in [-0.4, -0.2) is 40.3 Å². The van der Waals surface area contributed by atoms with Gasteiger partial charge in [0.2, 0.25) is 0 Å². The molecule has 0 aliphatic heterocycles. The van der Waals surface area contributed by atoms with Gasteiger partial charge in [-0.05, 0) is 71.8 Å². The quantitative estimate of drug-likeness (QED) is 0.309. The van der Waals surface area contributed by atoms with E-state index in [0.717, 1.165) is 37.5 Å². The fraction of sp³-hybridized carbons (Fsp3) is 0.280. The van der Waals surface area contributed by atoms with Crippen LogP contribution < -0.4 is 10.3 Å². The molecule has 4 aromatic rings. The van der Waals surface area contributed by atoms with Crippen molar-refractivity contribution in [1.29, 1.82) is 0 Å². The van der Waals surface area contributed by atoms with Crippen molar-refractivity contribution in [2.24, 2.45) is 0 Å². The van der Waals surface area contributed by atoms with Crippen molar-refractivity contribution in [3.63, 3.8) is 0 Å². The topological polar surface area (TPSA) is 82.6 Å². The van der Waals surface area contributed by atoms with E-state index in [-0.39, 0.29) is 5.56 Å². The number of carboxylic acid groups (broad SMARTS) is 1. The van der Waals surface area contributed by atoms with Crippen LogP contribution in [0, 0.1) is 0 Å². The highest BCUT2D eigenvalue weighted by Crippen LogP contribution is 2.43. The van der Waals surface area contributed by atoms with Gasteiger partial charge in [-0.1, -0.05) is 24.3 Å². The molecule has 0 atom stereocenters. The number of aromatic amines is 1. The SMILES string of the molecule is COc1cc(Br)c2[nH]c(=O)c3sccc3c2c1-c1ccc(CCN(C(=O)O)C(C)(C)C)cc1. The first-order valence-electron chi connectivity index (χ1n) is 10.5. The first-order valence-corrected chi connectivity index (χ1v) is 12.2. The lowest BCUT2D eigenvalue weighted by Crippen LogP contribution is -2.45. The van der Waals surface area contributed by atoms with Gasteiger partial charge in [0.05, 0.1) is 12.6 Å². The number of rotatable bonds is 5. The molecule has 2 aromatic heterocycles. The Labute approximate surface area is 203 Å². The number of hydrogen-bond acceptors (Lipinski definition) is 4. The third-order valence-corrected chi connectivity index (χ3v) is 7.29. The predicted octanol–water partition coefficient (Wildman–Crippen LogP) is 6.50. The maximum Gasteiger partial charge on any atom is 0.407 e. The van der Waals surface area contributed by atoms with E-state index in [0.29, 0.717) is 23.4 Å². The van der Waals surface area contributed by atoms with Crippen molar-refractivity contribution in [2.75, 3.05) is 13.7 Å². The van der Waals surface area contributed by atoms with Crippen LogP contribution in [-0.2, 0) is 6.42 Å². The lowest BCUT2D eigenvalue weighted by molar-refractivity contribution is 0.101. The smallest absolute Gasteiger partial charge is 0.407 e. The van der Waals surface area contributed by atoms with E-state index in [1.165, 1.54) is 16.2 Å². The lowest BCUT2D eigenvalue weighted by Gasteiger charge is -2.33. The molecule has 172 valence electrons. The van der Waals surface area contributed by atoms with Crippen molar-refractivity contribution in [2.45, 2.75) is 32.7 Å². The number of amides is 1. The highest BCUT2D eigenvalue weighted by atomic mass is 79.9. The normalized spacial score (nSPS) is 11.8. The maximum absolute atomic E-state index is 12.6. The largest absolute Gasteiger partial charge is 0.496 e. The second-order valence-electron chi connectivity index (χ2n) is 8.86.